The number of nitrogens with one attached hydrogen (secondary N) is 1. The molecule has 1 fully saturated rings. The average Bonchev–Trinajstić information content (AvgIpc) is 2.54. The lowest BCUT2D eigenvalue weighted by Crippen LogP contribution is -2.50. The first-order valence-corrected chi connectivity index (χ1v) is 8.07. The minimum absolute atomic E-state index is 0.0502. The number of carbonyl (C=O) groups is 2. The van der Waals surface area contributed by atoms with Gasteiger partial charge in [0.2, 0.25) is 5.91 Å². The van der Waals surface area contributed by atoms with E-state index in [1.54, 1.807) is 11.8 Å². The van der Waals surface area contributed by atoms with Crippen molar-refractivity contribution in [3.63, 3.8) is 0 Å². The molecule has 23 heavy (non-hydrogen) atoms. The SMILES string of the molecule is C[C@H](NC(=O)c1ccc(C(C)(C)C)cc1)C(=O)N1CCOCC1. The molecule has 5 nitrogen and oxygen atoms in total. The predicted molar refractivity (Wildman–Crippen MR) is 89.5 cm³/mol. The highest BCUT2D eigenvalue weighted by Crippen LogP contribution is 2.22. The topological polar surface area (TPSA) is 58.6 Å². The molecule has 1 aliphatic heterocycles. The molecular weight excluding hydrogens is 292 g/mol. The molecule has 1 aromatic rings. The number of hydrogen-bond acceptors (Lipinski definition) is 3. The van der Waals surface area contributed by atoms with Crippen LogP contribution in [0.4, 0.5) is 0 Å². The predicted octanol–water partition coefficient (Wildman–Crippen LogP) is 1.96. The van der Waals surface area contributed by atoms with Gasteiger partial charge in [-0.3, -0.25) is 9.59 Å². The Kier molecular flexibility index (Phi) is 5.42. The van der Waals surface area contributed by atoms with Crippen LogP contribution in [0.2, 0.25) is 0 Å². The third kappa shape index (κ3) is 4.55. The second-order valence-electron chi connectivity index (χ2n) is 6.96. The summed E-state index contributed by atoms with van der Waals surface area (Å²) in [7, 11) is 0. The molecule has 126 valence electrons. The van der Waals surface area contributed by atoms with Gasteiger partial charge >= 0.3 is 0 Å². The Labute approximate surface area is 138 Å². The summed E-state index contributed by atoms with van der Waals surface area (Å²) in [5.74, 6) is -0.285. The molecule has 0 radical (unpaired) electrons. The fourth-order valence-electron chi connectivity index (χ4n) is 2.52. The van der Waals surface area contributed by atoms with Crippen molar-refractivity contribution in [2.45, 2.75) is 39.2 Å². The van der Waals surface area contributed by atoms with Crippen molar-refractivity contribution in [2.75, 3.05) is 26.3 Å². The number of hydrogen-bond donors (Lipinski definition) is 1. The van der Waals surface area contributed by atoms with E-state index in [0.717, 1.165) is 0 Å². The van der Waals surface area contributed by atoms with Gasteiger partial charge in [0.1, 0.15) is 6.04 Å². The number of benzene rings is 1. The minimum Gasteiger partial charge on any atom is -0.378 e. The van der Waals surface area contributed by atoms with E-state index < -0.39 is 6.04 Å². The van der Waals surface area contributed by atoms with Gasteiger partial charge in [-0.05, 0) is 30.0 Å². The monoisotopic (exact) mass is 318 g/mol. The molecule has 2 amide bonds. The molecular formula is C18H26N2O3. The van der Waals surface area contributed by atoms with Crippen LogP contribution >= 0.6 is 0 Å². The van der Waals surface area contributed by atoms with Crippen LogP contribution in [0.25, 0.3) is 0 Å². The van der Waals surface area contributed by atoms with E-state index in [4.69, 9.17) is 4.74 Å². The summed E-state index contributed by atoms with van der Waals surface area (Å²) < 4.78 is 5.24. The molecule has 0 bridgehead atoms. The summed E-state index contributed by atoms with van der Waals surface area (Å²) >= 11 is 0. The van der Waals surface area contributed by atoms with Crippen molar-refractivity contribution in [1.82, 2.24) is 10.2 Å². The maximum absolute atomic E-state index is 12.3. The number of carbonyl (C=O) groups excluding carboxylic acids is 2. The van der Waals surface area contributed by atoms with E-state index in [9.17, 15) is 9.59 Å². The van der Waals surface area contributed by atoms with Crippen LogP contribution in [0.5, 0.6) is 0 Å². The third-order valence-corrected chi connectivity index (χ3v) is 4.05. The van der Waals surface area contributed by atoms with Gasteiger partial charge < -0.3 is 15.0 Å². The van der Waals surface area contributed by atoms with Gasteiger partial charge in [-0.15, -0.1) is 0 Å². The van der Waals surface area contributed by atoms with Crippen LogP contribution in [0.1, 0.15) is 43.6 Å². The zero-order valence-corrected chi connectivity index (χ0v) is 14.4. The molecule has 2 rings (SSSR count). The van der Waals surface area contributed by atoms with Gasteiger partial charge in [0.05, 0.1) is 13.2 Å². The molecule has 1 saturated heterocycles. The van der Waals surface area contributed by atoms with Crippen LogP contribution in [0.3, 0.4) is 0 Å². The fourth-order valence-corrected chi connectivity index (χ4v) is 2.52. The lowest BCUT2D eigenvalue weighted by molar-refractivity contribution is -0.136. The van der Waals surface area contributed by atoms with Crippen molar-refractivity contribution in [3.8, 4) is 0 Å². The molecule has 5 heteroatoms. The molecule has 1 heterocycles. The summed E-state index contributed by atoms with van der Waals surface area (Å²) in [6.07, 6.45) is 0. The molecule has 1 atom stereocenters. The smallest absolute Gasteiger partial charge is 0.251 e. The Morgan fingerprint density at radius 1 is 1.13 bits per heavy atom. The Hall–Kier alpha value is -1.88. The first-order chi connectivity index (χ1) is 10.8. The molecule has 1 aliphatic rings. The van der Waals surface area contributed by atoms with Gasteiger partial charge in [-0.2, -0.15) is 0 Å². The number of nitrogens with zero attached hydrogens (tertiary/aromatic N) is 1. The highest BCUT2D eigenvalue weighted by atomic mass is 16.5. The highest BCUT2D eigenvalue weighted by molar-refractivity contribution is 5.97. The van der Waals surface area contributed by atoms with Crippen LogP contribution in [-0.4, -0.2) is 49.1 Å². The number of amides is 2. The van der Waals surface area contributed by atoms with E-state index in [2.05, 4.69) is 26.1 Å². The second kappa shape index (κ2) is 7.13. The first kappa shape index (κ1) is 17.5. The second-order valence-corrected chi connectivity index (χ2v) is 6.96. The standard InChI is InChI=1S/C18H26N2O3/c1-13(17(22)20-9-11-23-12-10-20)19-16(21)14-5-7-15(8-6-14)18(2,3)4/h5-8,13H,9-12H2,1-4H3,(H,19,21)/t13-/m0/s1. The Balaban J connectivity index is 1.96. The summed E-state index contributed by atoms with van der Waals surface area (Å²) in [6, 6.07) is 7.00. The quantitative estimate of drug-likeness (QED) is 0.927. The molecule has 0 aromatic heterocycles. The van der Waals surface area contributed by atoms with Crippen molar-refractivity contribution >= 4 is 11.8 Å². The van der Waals surface area contributed by atoms with Crippen molar-refractivity contribution in [1.29, 1.82) is 0 Å². The van der Waals surface area contributed by atoms with Crippen LogP contribution in [0.15, 0.2) is 24.3 Å². The van der Waals surface area contributed by atoms with E-state index in [0.29, 0.717) is 31.9 Å². The molecule has 0 aliphatic carbocycles. The van der Waals surface area contributed by atoms with Crippen molar-refractivity contribution < 1.29 is 14.3 Å². The molecule has 0 spiro atoms. The van der Waals surface area contributed by atoms with Gasteiger partial charge in [0.25, 0.3) is 5.91 Å². The van der Waals surface area contributed by atoms with Crippen LogP contribution in [0, 0.1) is 0 Å². The highest BCUT2D eigenvalue weighted by Gasteiger charge is 2.24. The fraction of sp³-hybridized carbons (Fsp3) is 0.556. The largest absolute Gasteiger partial charge is 0.378 e. The number of morpholine rings is 1. The molecule has 1 aromatic carbocycles. The van der Waals surface area contributed by atoms with E-state index in [-0.39, 0.29) is 17.2 Å². The van der Waals surface area contributed by atoms with Gasteiger partial charge in [-0.25, -0.2) is 0 Å². The molecule has 0 saturated carbocycles. The summed E-state index contributed by atoms with van der Waals surface area (Å²) in [5.41, 5.74) is 1.79. The summed E-state index contributed by atoms with van der Waals surface area (Å²) in [5, 5.41) is 2.78. The Morgan fingerprint density at radius 2 is 1.70 bits per heavy atom. The van der Waals surface area contributed by atoms with E-state index in [1.807, 2.05) is 24.3 Å². The summed E-state index contributed by atoms with van der Waals surface area (Å²) in [4.78, 5) is 26.3. The van der Waals surface area contributed by atoms with Gasteiger partial charge in [0.15, 0.2) is 0 Å². The Morgan fingerprint density at radius 3 is 2.22 bits per heavy atom. The lowest BCUT2D eigenvalue weighted by atomic mass is 9.86. The maximum Gasteiger partial charge on any atom is 0.251 e. The zero-order chi connectivity index (χ0) is 17.0. The van der Waals surface area contributed by atoms with Crippen molar-refractivity contribution in [2.24, 2.45) is 0 Å². The summed E-state index contributed by atoms with van der Waals surface area (Å²) in [6.45, 7) is 10.4. The van der Waals surface area contributed by atoms with Gasteiger partial charge in [-0.1, -0.05) is 32.9 Å². The first-order valence-electron chi connectivity index (χ1n) is 8.07. The van der Waals surface area contributed by atoms with Crippen LogP contribution in [-0.2, 0) is 14.9 Å². The normalized spacial score (nSPS) is 16.8. The van der Waals surface area contributed by atoms with Crippen molar-refractivity contribution in [3.05, 3.63) is 35.4 Å². The zero-order valence-electron chi connectivity index (χ0n) is 14.4. The maximum atomic E-state index is 12.3. The lowest BCUT2D eigenvalue weighted by Gasteiger charge is -2.29. The molecule has 1 N–H and O–H groups in total. The van der Waals surface area contributed by atoms with E-state index in [1.165, 1.54) is 5.56 Å². The van der Waals surface area contributed by atoms with Crippen LogP contribution < -0.4 is 5.32 Å². The average molecular weight is 318 g/mol. The van der Waals surface area contributed by atoms with E-state index >= 15 is 0 Å². The Bertz CT molecular complexity index is 555. The number of ether oxygens (including phenoxy) is 1. The third-order valence-electron chi connectivity index (χ3n) is 4.05. The van der Waals surface area contributed by atoms with Gasteiger partial charge in [0, 0.05) is 18.7 Å². The minimum atomic E-state index is -0.539. The number of rotatable bonds is 3. The molecule has 0 unspecified atom stereocenters.